The van der Waals surface area contributed by atoms with Crippen LogP contribution in [-0.2, 0) is 10.1 Å². The lowest BCUT2D eigenvalue weighted by Gasteiger charge is -1.96. The van der Waals surface area contributed by atoms with Gasteiger partial charge in [-0.1, -0.05) is 0 Å². The van der Waals surface area contributed by atoms with Crippen LogP contribution in [0, 0.1) is 11.6 Å². The van der Waals surface area contributed by atoms with Crippen molar-refractivity contribution in [2.45, 2.75) is 4.90 Å². The first-order valence-corrected chi connectivity index (χ1v) is 4.28. The van der Waals surface area contributed by atoms with Gasteiger partial charge in [0.1, 0.15) is 0 Å². The third kappa shape index (κ3) is 2.91. The minimum atomic E-state index is -4.45. The molecule has 0 spiro atoms. The van der Waals surface area contributed by atoms with Gasteiger partial charge in [0, 0.05) is 0 Å². The lowest BCUT2D eigenvalue weighted by Crippen LogP contribution is -1.99. The average Bonchev–Trinajstić information content (AvgIpc) is 1.92. The maximum absolute atomic E-state index is 12.4. The van der Waals surface area contributed by atoms with Crippen LogP contribution in [0.3, 0.4) is 0 Å². The molecule has 7 heteroatoms. The Hall–Kier alpha value is -0.720. The van der Waals surface area contributed by atoms with Crippen molar-refractivity contribution in [3.05, 3.63) is 29.8 Å². The number of halogens is 3. The largest absolute Gasteiger partial charge is 0.294 e. The second-order valence-electron chi connectivity index (χ2n) is 2.05. The number of rotatable bonds is 1. The van der Waals surface area contributed by atoms with Crippen molar-refractivity contribution in [3.8, 4) is 0 Å². The Bertz CT molecular complexity index is 404. The average molecular weight is 231 g/mol. The van der Waals surface area contributed by atoms with E-state index in [1.807, 2.05) is 0 Å². The molecule has 3 nitrogen and oxygen atoms in total. The van der Waals surface area contributed by atoms with Gasteiger partial charge in [0.15, 0.2) is 11.6 Å². The van der Waals surface area contributed by atoms with Gasteiger partial charge in [-0.15, -0.1) is 12.4 Å². The molecule has 0 fully saturated rings. The van der Waals surface area contributed by atoms with Crippen LogP contribution in [0.25, 0.3) is 0 Å². The molecule has 0 aliphatic heterocycles. The summed E-state index contributed by atoms with van der Waals surface area (Å²) in [6.07, 6.45) is 0. The zero-order valence-electron chi connectivity index (χ0n) is 6.07. The number of benzene rings is 1. The van der Waals surface area contributed by atoms with E-state index in [2.05, 4.69) is 0 Å². The summed E-state index contributed by atoms with van der Waals surface area (Å²) >= 11 is 0. The molecule has 0 bridgehead atoms. The van der Waals surface area contributed by atoms with Crippen LogP contribution in [0.15, 0.2) is 23.1 Å². The first-order chi connectivity index (χ1) is 5.41. The standard InChI is InChI=1S/C6H4F2O3S.ClH/c7-5-2-1-4(3-6(5)8)12(9,10)11;/h1-3H,(H,9,10,11);1H. The molecular formula is C6H5ClF2O3S. The summed E-state index contributed by atoms with van der Waals surface area (Å²) in [5, 5.41) is 0. The fraction of sp³-hybridized carbons (Fsp3) is 0. The lowest BCUT2D eigenvalue weighted by atomic mass is 10.3. The first kappa shape index (κ1) is 12.3. The van der Waals surface area contributed by atoms with E-state index in [1.54, 1.807) is 0 Å². The van der Waals surface area contributed by atoms with Gasteiger partial charge < -0.3 is 0 Å². The van der Waals surface area contributed by atoms with E-state index in [0.29, 0.717) is 12.1 Å². The van der Waals surface area contributed by atoms with Crippen molar-refractivity contribution in [2.75, 3.05) is 0 Å². The molecule has 74 valence electrons. The highest BCUT2D eigenvalue weighted by atomic mass is 35.5. The summed E-state index contributed by atoms with van der Waals surface area (Å²) in [4.78, 5) is -0.665. The molecule has 0 aliphatic carbocycles. The Balaban J connectivity index is 0.00000144. The van der Waals surface area contributed by atoms with E-state index in [0.717, 1.165) is 6.07 Å². The molecule has 0 heterocycles. The molecule has 0 aromatic heterocycles. The summed E-state index contributed by atoms with van der Waals surface area (Å²) in [7, 11) is -4.45. The third-order valence-corrected chi connectivity index (χ3v) is 2.04. The highest BCUT2D eigenvalue weighted by molar-refractivity contribution is 7.85. The molecule has 13 heavy (non-hydrogen) atoms. The van der Waals surface area contributed by atoms with E-state index in [4.69, 9.17) is 4.55 Å². The second-order valence-corrected chi connectivity index (χ2v) is 3.47. The van der Waals surface area contributed by atoms with Gasteiger partial charge in [-0.3, -0.25) is 4.55 Å². The van der Waals surface area contributed by atoms with Crippen molar-refractivity contribution in [3.63, 3.8) is 0 Å². The molecule has 0 radical (unpaired) electrons. The van der Waals surface area contributed by atoms with Crippen LogP contribution in [0.2, 0.25) is 0 Å². The van der Waals surface area contributed by atoms with Crippen molar-refractivity contribution in [2.24, 2.45) is 0 Å². The quantitative estimate of drug-likeness (QED) is 0.746. The van der Waals surface area contributed by atoms with Crippen molar-refractivity contribution >= 4 is 22.5 Å². The predicted molar refractivity (Wildman–Crippen MR) is 43.4 cm³/mol. The Morgan fingerprint density at radius 2 is 1.69 bits per heavy atom. The third-order valence-electron chi connectivity index (χ3n) is 1.19. The molecule has 1 aromatic rings. The van der Waals surface area contributed by atoms with Crippen LogP contribution in [0.1, 0.15) is 0 Å². The molecule has 0 unspecified atom stereocenters. The molecule has 0 atom stereocenters. The Labute approximate surface area is 79.5 Å². The van der Waals surface area contributed by atoms with Gasteiger partial charge in [0.05, 0.1) is 4.90 Å². The molecule has 0 saturated heterocycles. The summed E-state index contributed by atoms with van der Waals surface area (Å²) in [6.45, 7) is 0. The summed E-state index contributed by atoms with van der Waals surface area (Å²) in [6, 6.07) is 1.80. The topological polar surface area (TPSA) is 54.4 Å². The lowest BCUT2D eigenvalue weighted by molar-refractivity contribution is 0.477. The molecule has 1 aromatic carbocycles. The van der Waals surface area contributed by atoms with Gasteiger partial charge in [-0.25, -0.2) is 8.78 Å². The zero-order valence-corrected chi connectivity index (χ0v) is 7.70. The van der Waals surface area contributed by atoms with Crippen LogP contribution in [0.5, 0.6) is 0 Å². The molecule has 0 saturated carbocycles. The Morgan fingerprint density at radius 3 is 2.08 bits per heavy atom. The summed E-state index contributed by atoms with van der Waals surface area (Å²) in [5.41, 5.74) is 0. The minimum absolute atomic E-state index is 0. The van der Waals surface area contributed by atoms with Crippen LogP contribution < -0.4 is 0 Å². The van der Waals surface area contributed by atoms with Gasteiger partial charge >= 0.3 is 0 Å². The van der Waals surface area contributed by atoms with E-state index < -0.39 is 26.6 Å². The van der Waals surface area contributed by atoms with E-state index in [-0.39, 0.29) is 12.4 Å². The van der Waals surface area contributed by atoms with Crippen molar-refractivity contribution < 1.29 is 21.8 Å². The number of hydrogen-bond donors (Lipinski definition) is 1. The van der Waals surface area contributed by atoms with Crippen LogP contribution in [0.4, 0.5) is 8.78 Å². The molecule has 0 aliphatic rings. The Morgan fingerprint density at radius 1 is 1.15 bits per heavy atom. The van der Waals surface area contributed by atoms with Gasteiger partial charge in [-0.05, 0) is 18.2 Å². The molecule has 1 N–H and O–H groups in total. The first-order valence-electron chi connectivity index (χ1n) is 2.84. The minimum Gasteiger partial charge on any atom is -0.282 e. The summed E-state index contributed by atoms with van der Waals surface area (Å²) < 4.78 is 53.7. The van der Waals surface area contributed by atoms with E-state index >= 15 is 0 Å². The van der Waals surface area contributed by atoms with Gasteiger partial charge in [0.2, 0.25) is 0 Å². The predicted octanol–water partition coefficient (Wildman–Crippen LogP) is 1.63. The highest BCUT2D eigenvalue weighted by Crippen LogP contribution is 2.12. The van der Waals surface area contributed by atoms with Gasteiger partial charge in [0.25, 0.3) is 10.1 Å². The maximum atomic E-state index is 12.4. The molecule has 0 amide bonds. The maximum Gasteiger partial charge on any atom is 0.294 e. The smallest absolute Gasteiger partial charge is 0.282 e. The van der Waals surface area contributed by atoms with Gasteiger partial charge in [-0.2, -0.15) is 8.42 Å². The van der Waals surface area contributed by atoms with Crippen molar-refractivity contribution in [1.29, 1.82) is 0 Å². The monoisotopic (exact) mass is 230 g/mol. The molecule has 1 rings (SSSR count). The summed E-state index contributed by atoms with van der Waals surface area (Å²) in [5.74, 6) is -2.48. The Kier molecular flexibility index (Phi) is 3.77. The van der Waals surface area contributed by atoms with E-state index in [1.165, 1.54) is 0 Å². The normalized spacial score (nSPS) is 10.7. The second kappa shape index (κ2) is 3.99. The number of hydrogen-bond acceptors (Lipinski definition) is 2. The fourth-order valence-corrected chi connectivity index (χ4v) is 1.13. The zero-order chi connectivity index (χ0) is 9.35. The van der Waals surface area contributed by atoms with Crippen LogP contribution >= 0.6 is 12.4 Å². The van der Waals surface area contributed by atoms with Crippen molar-refractivity contribution in [1.82, 2.24) is 0 Å². The fourth-order valence-electron chi connectivity index (χ4n) is 0.637. The van der Waals surface area contributed by atoms with Crippen LogP contribution in [-0.4, -0.2) is 13.0 Å². The SMILES string of the molecule is Cl.O=S(=O)(O)c1ccc(F)c(F)c1. The molecular weight excluding hydrogens is 226 g/mol. The highest BCUT2D eigenvalue weighted by Gasteiger charge is 2.12. The van der Waals surface area contributed by atoms with E-state index in [9.17, 15) is 17.2 Å².